The van der Waals surface area contributed by atoms with Crippen LogP contribution < -0.4 is 10.2 Å². The summed E-state index contributed by atoms with van der Waals surface area (Å²) in [6.07, 6.45) is 3.52. The van der Waals surface area contributed by atoms with Gasteiger partial charge in [-0.05, 0) is 38.4 Å². The van der Waals surface area contributed by atoms with Crippen LogP contribution in [0.5, 0.6) is 0 Å². The molecule has 1 heterocycles. The number of rotatable bonds is 4. The van der Waals surface area contributed by atoms with Crippen molar-refractivity contribution in [2.24, 2.45) is 0 Å². The summed E-state index contributed by atoms with van der Waals surface area (Å²) in [5.41, 5.74) is 4.28. The first kappa shape index (κ1) is 13.2. The van der Waals surface area contributed by atoms with Gasteiger partial charge in [0.2, 0.25) is 0 Å². The lowest BCUT2D eigenvalue weighted by molar-refractivity contribution is 0.595. The maximum Gasteiger partial charge on any atom is 0.0417 e. The molecule has 0 bridgehead atoms. The van der Waals surface area contributed by atoms with E-state index in [4.69, 9.17) is 0 Å². The summed E-state index contributed by atoms with van der Waals surface area (Å²) in [7, 11) is 0. The fraction of sp³-hybridized carbons (Fsp3) is 0.500. The van der Waals surface area contributed by atoms with Crippen molar-refractivity contribution in [1.82, 2.24) is 5.32 Å². The molecule has 1 atom stereocenters. The zero-order valence-corrected chi connectivity index (χ0v) is 11.7. The van der Waals surface area contributed by atoms with Crippen molar-refractivity contribution in [2.75, 3.05) is 24.5 Å². The number of anilines is 1. The molecule has 1 aromatic carbocycles. The molecule has 0 radical (unpaired) electrons. The molecule has 98 valence electrons. The van der Waals surface area contributed by atoms with Crippen LogP contribution in [0.4, 0.5) is 5.69 Å². The minimum Gasteiger partial charge on any atom is -0.367 e. The van der Waals surface area contributed by atoms with Crippen LogP contribution >= 0.6 is 0 Å². The van der Waals surface area contributed by atoms with Crippen LogP contribution in [-0.4, -0.2) is 19.6 Å². The lowest BCUT2D eigenvalue weighted by Crippen LogP contribution is -2.31. The normalized spacial score (nSPS) is 17.5. The molecule has 0 saturated heterocycles. The molecular weight excluding hydrogens is 220 g/mol. The third-order valence-corrected chi connectivity index (χ3v) is 3.59. The standard InChI is InChI=1S/C16H24N2/c1-4-17-14(3)15-9-5-6-10-16(15)18-11-7-8-13(2)12-18/h5-6,8-10,14,17H,4,7,11-12H2,1-3H3. The Bertz CT molecular complexity index is 423. The number of nitrogens with zero attached hydrogens (tertiary/aromatic N) is 1. The van der Waals surface area contributed by atoms with Crippen molar-refractivity contribution >= 4 is 5.69 Å². The van der Waals surface area contributed by atoms with Crippen molar-refractivity contribution in [3.05, 3.63) is 41.5 Å². The predicted octanol–water partition coefficient (Wildman–Crippen LogP) is 3.51. The summed E-state index contributed by atoms with van der Waals surface area (Å²) in [5, 5.41) is 3.51. The Balaban J connectivity index is 2.24. The Labute approximate surface area is 111 Å². The van der Waals surface area contributed by atoms with E-state index >= 15 is 0 Å². The van der Waals surface area contributed by atoms with Gasteiger partial charge in [0.1, 0.15) is 0 Å². The first-order valence-corrected chi connectivity index (χ1v) is 6.95. The van der Waals surface area contributed by atoms with E-state index in [-0.39, 0.29) is 0 Å². The molecule has 1 unspecified atom stereocenters. The summed E-state index contributed by atoms with van der Waals surface area (Å²) in [6.45, 7) is 9.84. The molecule has 0 fully saturated rings. The van der Waals surface area contributed by atoms with Crippen LogP contribution in [0, 0.1) is 0 Å². The van der Waals surface area contributed by atoms with E-state index in [0.29, 0.717) is 6.04 Å². The van der Waals surface area contributed by atoms with Gasteiger partial charge in [-0.25, -0.2) is 0 Å². The molecule has 1 aliphatic heterocycles. The van der Waals surface area contributed by atoms with Crippen LogP contribution in [0.3, 0.4) is 0 Å². The molecule has 0 spiro atoms. The molecule has 1 aromatic rings. The van der Waals surface area contributed by atoms with Gasteiger partial charge in [0.05, 0.1) is 0 Å². The van der Waals surface area contributed by atoms with Gasteiger partial charge in [0.15, 0.2) is 0 Å². The minimum absolute atomic E-state index is 0.414. The fourth-order valence-electron chi connectivity index (χ4n) is 2.67. The molecule has 2 heteroatoms. The third kappa shape index (κ3) is 2.94. The van der Waals surface area contributed by atoms with Gasteiger partial charge < -0.3 is 10.2 Å². The highest BCUT2D eigenvalue weighted by atomic mass is 15.1. The van der Waals surface area contributed by atoms with Gasteiger partial charge in [-0.1, -0.05) is 36.8 Å². The number of hydrogen-bond donors (Lipinski definition) is 1. The number of hydrogen-bond acceptors (Lipinski definition) is 2. The molecule has 0 aliphatic carbocycles. The zero-order valence-electron chi connectivity index (χ0n) is 11.7. The Hall–Kier alpha value is -1.28. The second kappa shape index (κ2) is 6.05. The van der Waals surface area contributed by atoms with E-state index in [1.54, 1.807) is 0 Å². The van der Waals surface area contributed by atoms with E-state index in [2.05, 4.69) is 61.3 Å². The van der Waals surface area contributed by atoms with E-state index in [0.717, 1.165) is 26.1 Å². The SMILES string of the molecule is CCNC(C)c1ccccc1N1CCC=C(C)C1. The van der Waals surface area contributed by atoms with Crippen LogP contribution in [0.2, 0.25) is 0 Å². The minimum atomic E-state index is 0.414. The van der Waals surface area contributed by atoms with Gasteiger partial charge >= 0.3 is 0 Å². The highest BCUT2D eigenvalue weighted by molar-refractivity contribution is 5.56. The van der Waals surface area contributed by atoms with Crippen LogP contribution in [0.25, 0.3) is 0 Å². The number of nitrogens with one attached hydrogen (secondary N) is 1. The second-order valence-corrected chi connectivity index (χ2v) is 5.10. The Morgan fingerprint density at radius 3 is 2.83 bits per heavy atom. The molecule has 2 nitrogen and oxygen atoms in total. The van der Waals surface area contributed by atoms with Crippen molar-refractivity contribution in [2.45, 2.75) is 33.2 Å². The number of para-hydroxylation sites is 1. The van der Waals surface area contributed by atoms with Gasteiger partial charge in [0.25, 0.3) is 0 Å². The van der Waals surface area contributed by atoms with E-state index in [1.165, 1.54) is 16.8 Å². The molecule has 1 aliphatic rings. The summed E-state index contributed by atoms with van der Waals surface area (Å²) in [6, 6.07) is 9.19. The molecule has 2 rings (SSSR count). The summed E-state index contributed by atoms with van der Waals surface area (Å²) in [4.78, 5) is 2.50. The lowest BCUT2D eigenvalue weighted by atomic mass is 10.0. The van der Waals surface area contributed by atoms with Crippen molar-refractivity contribution < 1.29 is 0 Å². The molecule has 18 heavy (non-hydrogen) atoms. The highest BCUT2D eigenvalue weighted by Gasteiger charge is 2.16. The maximum atomic E-state index is 3.51. The van der Waals surface area contributed by atoms with Gasteiger partial charge in [-0.2, -0.15) is 0 Å². The Morgan fingerprint density at radius 2 is 2.11 bits per heavy atom. The average Bonchev–Trinajstić information content (AvgIpc) is 2.39. The molecular formula is C16H24N2. The topological polar surface area (TPSA) is 15.3 Å². The van der Waals surface area contributed by atoms with Crippen molar-refractivity contribution in [3.63, 3.8) is 0 Å². The summed E-state index contributed by atoms with van der Waals surface area (Å²) >= 11 is 0. The second-order valence-electron chi connectivity index (χ2n) is 5.10. The third-order valence-electron chi connectivity index (χ3n) is 3.59. The van der Waals surface area contributed by atoms with E-state index in [1.807, 2.05) is 0 Å². The van der Waals surface area contributed by atoms with Crippen molar-refractivity contribution in [1.29, 1.82) is 0 Å². The Morgan fingerprint density at radius 1 is 1.33 bits per heavy atom. The summed E-state index contributed by atoms with van der Waals surface area (Å²) < 4.78 is 0. The van der Waals surface area contributed by atoms with Gasteiger partial charge in [-0.3, -0.25) is 0 Å². The fourth-order valence-corrected chi connectivity index (χ4v) is 2.67. The monoisotopic (exact) mass is 244 g/mol. The van der Waals surface area contributed by atoms with Crippen LogP contribution in [0.15, 0.2) is 35.9 Å². The predicted molar refractivity (Wildman–Crippen MR) is 79.1 cm³/mol. The smallest absolute Gasteiger partial charge is 0.0417 e. The van der Waals surface area contributed by atoms with Crippen molar-refractivity contribution in [3.8, 4) is 0 Å². The average molecular weight is 244 g/mol. The van der Waals surface area contributed by atoms with Gasteiger partial charge in [0, 0.05) is 24.8 Å². The van der Waals surface area contributed by atoms with E-state index in [9.17, 15) is 0 Å². The molecule has 0 aromatic heterocycles. The molecule has 0 amide bonds. The molecule has 1 N–H and O–H groups in total. The molecule has 0 saturated carbocycles. The summed E-state index contributed by atoms with van der Waals surface area (Å²) in [5.74, 6) is 0. The van der Waals surface area contributed by atoms with E-state index < -0.39 is 0 Å². The van der Waals surface area contributed by atoms with Gasteiger partial charge in [-0.15, -0.1) is 0 Å². The highest BCUT2D eigenvalue weighted by Crippen LogP contribution is 2.28. The van der Waals surface area contributed by atoms with Crippen LogP contribution in [-0.2, 0) is 0 Å². The largest absolute Gasteiger partial charge is 0.367 e. The zero-order chi connectivity index (χ0) is 13.0. The first-order valence-electron chi connectivity index (χ1n) is 6.95. The quantitative estimate of drug-likeness (QED) is 0.815. The maximum absolute atomic E-state index is 3.51. The van der Waals surface area contributed by atoms with Crippen LogP contribution in [0.1, 0.15) is 38.8 Å². The first-order chi connectivity index (χ1) is 8.72. The Kier molecular flexibility index (Phi) is 4.43. The lowest BCUT2D eigenvalue weighted by Gasteiger charge is -2.31. The number of benzene rings is 1.